The summed E-state index contributed by atoms with van der Waals surface area (Å²) in [5.74, 6) is -57.5. The lowest BCUT2D eigenvalue weighted by Gasteiger charge is -2.44. The van der Waals surface area contributed by atoms with Gasteiger partial charge in [0.1, 0.15) is 0 Å². The van der Waals surface area contributed by atoms with E-state index in [1.54, 1.807) is 0 Å². The molecule has 0 bridgehead atoms. The quantitative estimate of drug-likeness (QED) is 0.0391. The second-order valence-corrected chi connectivity index (χ2v) is 21.5. The number of halogens is 17. The van der Waals surface area contributed by atoms with Gasteiger partial charge in [0.25, 0.3) is 15.7 Å². The van der Waals surface area contributed by atoms with Crippen LogP contribution in [0, 0.1) is 10.1 Å². The molecule has 1 atom stereocenters. The Morgan fingerprint density at radius 2 is 1.23 bits per heavy atom. The molecule has 0 radical (unpaired) electrons. The average Bonchev–Trinajstić information content (AvgIpc) is 3.15. The first-order valence-corrected chi connectivity index (χ1v) is 21.4. The highest BCUT2D eigenvalue weighted by molar-refractivity contribution is 7.89. The number of nitro benzene ring substituents is 1. The zero-order chi connectivity index (χ0) is 48.5. The molecule has 0 spiro atoms. The number of nitro groups is 1. The number of hydrogen-bond donors (Lipinski definition) is 1. The van der Waals surface area contributed by atoms with Gasteiger partial charge in [0.15, 0.2) is 13.2 Å². The van der Waals surface area contributed by atoms with Crippen LogP contribution in [0.4, 0.5) is 80.3 Å². The van der Waals surface area contributed by atoms with E-state index >= 15 is 8.78 Å². The Kier molecular flexibility index (Phi) is 16.3. The number of aliphatic hydroxyl groups is 1. The van der Waals surface area contributed by atoms with Gasteiger partial charge < -0.3 is 9.53 Å². The molecule has 27 heteroatoms. The Hall–Kier alpha value is -3.56. The van der Waals surface area contributed by atoms with Crippen molar-refractivity contribution in [2.45, 2.75) is 129 Å². The zero-order valence-corrected chi connectivity index (χ0v) is 34.4. The molecule has 0 aliphatic carbocycles. The number of rotatable bonds is 23. The van der Waals surface area contributed by atoms with Crippen molar-refractivity contribution in [3.8, 4) is 0 Å². The van der Waals surface area contributed by atoms with Crippen molar-refractivity contribution in [3.05, 3.63) is 82.4 Å². The van der Waals surface area contributed by atoms with E-state index < -0.39 is 137 Å². The van der Waals surface area contributed by atoms with Crippen molar-refractivity contribution < 1.29 is 97.5 Å². The molecule has 0 aliphatic heterocycles. The van der Waals surface area contributed by atoms with E-state index in [0.29, 0.717) is 4.31 Å². The van der Waals surface area contributed by atoms with Crippen LogP contribution in [0.1, 0.15) is 51.7 Å². The molecule has 1 N–H and O–H groups in total. The molecule has 2 aromatic rings. The Morgan fingerprint density at radius 1 is 0.758 bits per heavy atom. The van der Waals surface area contributed by atoms with Gasteiger partial charge in [0.05, 0.1) is 24.2 Å². The van der Waals surface area contributed by atoms with E-state index in [0.717, 1.165) is 30.3 Å². The van der Waals surface area contributed by atoms with Gasteiger partial charge >= 0.3 is 47.6 Å². The summed E-state index contributed by atoms with van der Waals surface area (Å²) in [6.07, 6.45) is -9.93. The van der Waals surface area contributed by atoms with E-state index in [4.69, 9.17) is 4.43 Å². The van der Waals surface area contributed by atoms with Crippen LogP contribution in [0.3, 0.4) is 0 Å². The maximum atomic E-state index is 15.3. The lowest BCUT2D eigenvalue weighted by molar-refractivity contribution is -0.461. The molecular formula is C35H39F17N2O6SSi. The topological polar surface area (TPSA) is 110 Å². The summed E-state index contributed by atoms with van der Waals surface area (Å²) in [6.45, 7) is 6.21. The van der Waals surface area contributed by atoms with Gasteiger partial charge in [-0.1, -0.05) is 70.2 Å². The fourth-order valence-corrected chi connectivity index (χ4v) is 12.7. The van der Waals surface area contributed by atoms with Gasteiger partial charge in [0, 0.05) is 19.0 Å². The maximum Gasteiger partial charge on any atom is 0.460 e. The van der Waals surface area contributed by atoms with Crippen LogP contribution in [0.5, 0.6) is 0 Å². The molecule has 0 fully saturated rings. The predicted molar refractivity (Wildman–Crippen MR) is 189 cm³/mol. The molecule has 0 saturated heterocycles. The lowest BCUT2D eigenvalue weighted by atomic mass is 9.88. The first-order chi connectivity index (χ1) is 27.8. The number of aliphatic hydroxyl groups excluding tert-OH is 1. The van der Waals surface area contributed by atoms with E-state index in [1.807, 2.05) is 0 Å². The minimum absolute atomic E-state index is 0.147. The van der Waals surface area contributed by atoms with Crippen LogP contribution in [-0.2, 0) is 27.6 Å². The summed E-state index contributed by atoms with van der Waals surface area (Å²) in [6, 6.07) is 6.40. The summed E-state index contributed by atoms with van der Waals surface area (Å²) in [5, 5.41) is 21.5. The first kappa shape index (κ1) is 54.6. The fraction of sp³-hybridized carbons (Fsp3) is 0.600. The van der Waals surface area contributed by atoms with Crippen LogP contribution in [0.15, 0.2) is 66.1 Å². The Morgan fingerprint density at radius 3 is 1.68 bits per heavy atom. The molecule has 0 unspecified atom stereocenters. The third-order valence-electron chi connectivity index (χ3n) is 10.1. The maximum absolute atomic E-state index is 15.3. The van der Waals surface area contributed by atoms with Gasteiger partial charge in [-0.25, -0.2) is 8.42 Å². The lowest BCUT2D eigenvalue weighted by Crippen LogP contribution is -2.74. The van der Waals surface area contributed by atoms with Crippen molar-refractivity contribution >= 4 is 24.0 Å². The van der Waals surface area contributed by atoms with Gasteiger partial charge in [-0.15, -0.1) is 6.58 Å². The molecule has 2 aromatic carbocycles. The summed E-state index contributed by atoms with van der Waals surface area (Å²) in [5.41, 5.74) is -2.73. The van der Waals surface area contributed by atoms with Gasteiger partial charge in [-0.2, -0.15) is 78.9 Å². The monoisotopic (exact) mass is 966 g/mol. The number of benzene rings is 2. The van der Waals surface area contributed by atoms with E-state index in [1.165, 1.54) is 52.0 Å². The normalized spacial score (nSPS) is 15.1. The highest BCUT2D eigenvalue weighted by Gasteiger charge is 2.95. The smallest absolute Gasteiger partial charge is 0.415 e. The van der Waals surface area contributed by atoms with Crippen molar-refractivity contribution in [3.63, 3.8) is 0 Å². The molecule has 0 heterocycles. The SMILES string of the molecule is C=CC[C@H](CO[Si](CCC(F)(F)C(F)(F)C(F)(F)C(F)(F)C(F)(F)C(F)(F)C(F)(F)C(F)(F)F)(C(C)C)C(C)C)N(Cc1cccc(CO)c1)S(=O)(=O)c1ccccc1[N+](=O)[O-]. The highest BCUT2D eigenvalue weighted by atomic mass is 32.2. The molecule has 8 nitrogen and oxygen atoms in total. The van der Waals surface area contributed by atoms with Gasteiger partial charge in [-0.05, 0) is 40.7 Å². The van der Waals surface area contributed by atoms with Crippen molar-refractivity contribution in [2.75, 3.05) is 6.61 Å². The van der Waals surface area contributed by atoms with Crippen molar-refractivity contribution in [2.24, 2.45) is 0 Å². The molecular weight excluding hydrogens is 928 g/mol. The van der Waals surface area contributed by atoms with Crippen LogP contribution in [0.25, 0.3) is 0 Å². The van der Waals surface area contributed by atoms with E-state index in [2.05, 4.69) is 6.58 Å². The third-order valence-corrected chi connectivity index (χ3v) is 17.7. The van der Waals surface area contributed by atoms with Crippen molar-refractivity contribution in [1.29, 1.82) is 0 Å². The number of alkyl halides is 17. The standard InChI is InChI=1S/C35H39F17N2O6SSi/c1-6-10-25(53(18-23-11-9-12-24(17-23)19-55)61(58,59)27-14-8-7-13-26(27)54(56)57)20-60-62(21(2)3,22(4)5)16-15-28(36,37)29(38,39)30(40,41)31(42,43)32(44,45)33(46,47)34(48,49)35(50,51)52/h6-9,11-14,17,21-22,25,55H,1,10,15-16,18-20H2,2-5H3/t25-/m1/s1. The van der Waals surface area contributed by atoms with Crippen molar-refractivity contribution in [1.82, 2.24) is 4.31 Å². The molecule has 0 aliphatic rings. The summed E-state index contributed by atoms with van der Waals surface area (Å²) in [7, 11) is -9.43. The number of hydrogen-bond acceptors (Lipinski definition) is 6. The van der Waals surface area contributed by atoms with Crippen LogP contribution >= 0.6 is 0 Å². The molecule has 0 saturated carbocycles. The Bertz CT molecular complexity index is 1990. The zero-order valence-electron chi connectivity index (χ0n) is 32.6. The minimum Gasteiger partial charge on any atom is -0.415 e. The molecule has 0 aromatic heterocycles. The Balaban J connectivity index is 2.70. The summed E-state index contributed by atoms with van der Waals surface area (Å²) < 4.78 is 273. The van der Waals surface area contributed by atoms with E-state index in [9.17, 15) is 89.5 Å². The molecule has 62 heavy (non-hydrogen) atoms. The predicted octanol–water partition coefficient (Wildman–Crippen LogP) is 11.4. The number of para-hydroxylation sites is 1. The Labute approximate surface area is 344 Å². The minimum atomic E-state index is -8.77. The molecule has 354 valence electrons. The van der Waals surface area contributed by atoms with Gasteiger partial charge in [0.2, 0.25) is 0 Å². The largest absolute Gasteiger partial charge is 0.460 e. The first-order valence-electron chi connectivity index (χ1n) is 17.7. The third kappa shape index (κ3) is 9.60. The molecule has 0 amide bonds. The average molecular weight is 967 g/mol. The van der Waals surface area contributed by atoms with E-state index in [-0.39, 0.29) is 11.1 Å². The van der Waals surface area contributed by atoms with Crippen LogP contribution in [0.2, 0.25) is 17.1 Å². The second-order valence-electron chi connectivity index (χ2n) is 14.7. The number of sulfonamides is 1. The summed E-state index contributed by atoms with van der Waals surface area (Å²) >= 11 is 0. The van der Waals surface area contributed by atoms with Crippen LogP contribution in [-0.4, -0.2) is 91.4 Å². The van der Waals surface area contributed by atoms with Crippen LogP contribution < -0.4 is 0 Å². The second kappa shape index (κ2) is 18.5. The fourth-order valence-electron chi connectivity index (χ4n) is 6.44. The number of nitrogens with zero attached hydrogens (tertiary/aromatic N) is 2. The summed E-state index contributed by atoms with van der Waals surface area (Å²) in [4.78, 5) is 9.95. The molecule has 2 rings (SSSR count). The highest BCUT2D eigenvalue weighted by Crippen LogP contribution is 2.64. The van der Waals surface area contributed by atoms with Gasteiger partial charge in [-0.3, -0.25) is 10.1 Å².